The van der Waals surface area contributed by atoms with Gasteiger partial charge >= 0.3 is 12.1 Å². The van der Waals surface area contributed by atoms with Gasteiger partial charge in [0.05, 0.1) is 5.56 Å². The zero-order valence-corrected chi connectivity index (χ0v) is 13.0. The van der Waals surface area contributed by atoms with Gasteiger partial charge in [-0.3, -0.25) is 4.79 Å². The fraction of sp³-hybridized carbons (Fsp3) is 0.222. The van der Waals surface area contributed by atoms with Gasteiger partial charge in [0.25, 0.3) is 5.91 Å². The topological polar surface area (TPSA) is 55.4 Å². The summed E-state index contributed by atoms with van der Waals surface area (Å²) in [5.74, 6) is -1.35. The van der Waals surface area contributed by atoms with Crippen LogP contribution in [0.25, 0.3) is 0 Å². The Hall–Kier alpha value is -2.83. The molecule has 1 heterocycles. The minimum Gasteiger partial charge on any atom is -0.454 e. The van der Waals surface area contributed by atoms with E-state index in [2.05, 4.69) is 0 Å². The standard InChI is InChI=1S/C18H14F3NO3/c19-18(20,21)10-22-16(23)12-6-7-14-13(8-12)9-15(25-17(14)24)11-4-2-1-3-5-11/h1-8,15H,9-10H2,(H,22,23)/t15-/m0/s1. The average Bonchev–Trinajstić information content (AvgIpc) is 2.59. The number of halogens is 3. The second-order valence-corrected chi connectivity index (χ2v) is 5.68. The Morgan fingerprint density at radius 2 is 1.88 bits per heavy atom. The van der Waals surface area contributed by atoms with Crippen molar-refractivity contribution in [2.24, 2.45) is 0 Å². The number of benzene rings is 2. The molecule has 25 heavy (non-hydrogen) atoms. The molecule has 4 nitrogen and oxygen atoms in total. The van der Waals surface area contributed by atoms with Crippen molar-refractivity contribution in [2.75, 3.05) is 6.54 Å². The Balaban J connectivity index is 1.82. The molecular weight excluding hydrogens is 335 g/mol. The number of amides is 1. The highest BCUT2D eigenvalue weighted by Crippen LogP contribution is 2.31. The van der Waals surface area contributed by atoms with Gasteiger partial charge in [-0.05, 0) is 29.3 Å². The molecule has 0 unspecified atom stereocenters. The van der Waals surface area contributed by atoms with E-state index in [0.29, 0.717) is 17.5 Å². The normalized spacial score (nSPS) is 16.8. The summed E-state index contributed by atoms with van der Waals surface area (Å²) in [6, 6.07) is 13.3. The molecule has 3 rings (SSSR count). The molecule has 0 saturated carbocycles. The Morgan fingerprint density at radius 1 is 1.16 bits per heavy atom. The average molecular weight is 349 g/mol. The van der Waals surface area contributed by atoms with E-state index in [-0.39, 0.29) is 5.56 Å². The molecule has 1 aliphatic rings. The van der Waals surface area contributed by atoms with Crippen LogP contribution in [-0.4, -0.2) is 24.6 Å². The van der Waals surface area contributed by atoms with Crippen molar-refractivity contribution in [3.05, 3.63) is 70.8 Å². The zero-order chi connectivity index (χ0) is 18.0. The van der Waals surface area contributed by atoms with Crippen LogP contribution < -0.4 is 5.32 Å². The number of hydrogen-bond acceptors (Lipinski definition) is 3. The fourth-order valence-corrected chi connectivity index (χ4v) is 2.67. The number of fused-ring (bicyclic) bond motifs is 1. The van der Waals surface area contributed by atoms with Crippen LogP contribution in [0.15, 0.2) is 48.5 Å². The number of hydrogen-bond donors (Lipinski definition) is 1. The minimum atomic E-state index is -4.48. The van der Waals surface area contributed by atoms with Crippen LogP contribution in [0.1, 0.15) is 37.9 Å². The second kappa shape index (κ2) is 6.58. The van der Waals surface area contributed by atoms with Gasteiger partial charge in [-0.1, -0.05) is 30.3 Å². The SMILES string of the molecule is O=C(NCC(F)(F)F)c1ccc2c(c1)C[C@@H](c1ccccc1)OC2=O. The number of nitrogens with one attached hydrogen (secondary N) is 1. The summed E-state index contributed by atoms with van der Waals surface area (Å²) in [7, 11) is 0. The lowest BCUT2D eigenvalue weighted by molar-refractivity contribution is -0.123. The van der Waals surface area contributed by atoms with E-state index in [4.69, 9.17) is 4.74 Å². The highest BCUT2D eigenvalue weighted by atomic mass is 19.4. The first-order valence-electron chi connectivity index (χ1n) is 7.57. The number of ether oxygens (including phenoxy) is 1. The molecule has 7 heteroatoms. The van der Waals surface area contributed by atoms with Crippen LogP contribution in [-0.2, 0) is 11.2 Å². The first-order valence-corrected chi connectivity index (χ1v) is 7.57. The molecule has 0 aromatic heterocycles. The summed E-state index contributed by atoms with van der Waals surface area (Å²) >= 11 is 0. The van der Waals surface area contributed by atoms with Crippen LogP contribution in [0.3, 0.4) is 0 Å². The molecule has 1 atom stereocenters. The van der Waals surface area contributed by atoms with Gasteiger partial charge in [0.1, 0.15) is 12.6 Å². The maximum Gasteiger partial charge on any atom is 0.405 e. The predicted octanol–water partition coefficient (Wildman–Crippen LogP) is 3.43. The molecule has 0 bridgehead atoms. The molecule has 0 fully saturated rings. The van der Waals surface area contributed by atoms with E-state index in [1.54, 1.807) is 0 Å². The van der Waals surface area contributed by atoms with Crippen LogP contribution in [0.4, 0.5) is 13.2 Å². The lowest BCUT2D eigenvalue weighted by Crippen LogP contribution is -2.34. The van der Waals surface area contributed by atoms with E-state index in [0.717, 1.165) is 5.56 Å². The number of rotatable bonds is 3. The molecule has 0 saturated heterocycles. The Bertz CT molecular complexity index is 803. The minimum absolute atomic E-state index is 0.0736. The lowest BCUT2D eigenvalue weighted by Gasteiger charge is -2.25. The van der Waals surface area contributed by atoms with E-state index in [1.807, 2.05) is 35.6 Å². The van der Waals surface area contributed by atoms with Gasteiger partial charge in [0.2, 0.25) is 0 Å². The molecule has 1 N–H and O–H groups in total. The molecule has 2 aromatic carbocycles. The van der Waals surface area contributed by atoms with Gasteiger partial charge in [0, 0.05) is 12.0 Å². The molecule has 1 aliphatic heterocycles. The van der Waals surface area contributed by atoms with Crippen LogP contribution in [0.2, 0.25) is 0 Å². The smallest absolute Gasteiger partial charge is 0.405 e. The summed E-state index contributed by atoms with van der Waals surface area (Å²) < 4.78 is 42.1. The Kier molecular flexibility index (Phi) is 4.48. The fourth-order valence-electron chi connectivity index (χ4n) is 2.67. The highest BCUT2D eigenvalue weighted by molar-refractivity contribution is 5.97. The van der Waals surface area contributed by atoms with E-state index in [1.165, 1.54) is 18.2 Å². The maximum absolute atomic E-state index is 12.2. The number of alkyl halides is 3. The third-order valence-corrected chi connectivity index (χ3v) is 3.86. The van der Waals surface area contributed by atoms with Gasteiger partial charge in [0.15, 0.2) is 0 Å². The van der Waals surface area contributed by atoms with Crippen molar-refractivity contribution in [1.29, 1.82) is 0 Å². The summed E-state index contributed by atoms with van der Waals surface area (Å²) in [6.07, 6.45) is -4.62. The number of carbonyl (C=O) groups excluding carboxylic acids is 2. The molecule has 0 spiro atoms. The van der Waals surface area contributed by atoms with Gasteiger partial charge < -0.3 is 10.1 Å². The monoisotopic (exact) mass is 349 g/mol. The van der Waals surface area contributed by atoms with E-state index < -0.39 is 30.7 Å². The second-order valence-electron chi connectivity index (χ2n) is 5.68. The number of cyclic esters (lactones) is 1. The van der Waals surface area contributed by atoms with E-state index in [9.17, 15) is 22.8 Å². The van der Waals surface area contributed by atoms with Crippen molar-refractivity contribution in [3.8, 4) is 0 Å². The molecule has 1 amide bonds. The third-order valence-electron chi connectivity index (χ3n) is 3.86. The van der Waals surface area contributed by atoms with Crippen molar-refractivity contribution < 1.29 is 27.5 Å². The van der Waals surface area contributed by atoms with Crippen molar-refractivity contribution in [2.45, 2.75) is 18.7 Å². The first kappa shape index (κ1) is 17.0. The third kappa shape index (κ3) is 3.99. The van der Waals surface area contributed by atoms with Gasteiger partial charge in [-0.2, -0.15) is 13.2 Å². The predicted molar refractivity (Wildman–Crippen MR) is 83.1 cm³/mol. The van der Waals surface area contributed by atoms with Crippen LogP contribution in [0, 0.1) is 0 Å². The summed E-state index contributed by atoms with van der Waals surface area (Å²) in [4.78, 5) is 24.0. The largest absolute Gasteiger partial charge is 0.454 e. The van der Waals surface area contributed by atoms with E-state index >= 15 is 0 Å². The van der Waals surface area contributed by atoms with Crippen LogP contribution in [0.5, 0.6) is 0 Å². The first-order chi connectivity index (χ1) is 11.8. The number of esters is 1. The Labute approximate surface area is 141 Å². The maximum atomic E-state index is 12.2. The molecule has 2 aromatic rings. The van der Waals surface area contributed by atoms with Gasteiger partial charge in [-0.15, -0.1) is 0 Å². The molecular formula is C18H14F3NO3. The lowest BCUT2D eigenvalue weighted by atomic mass is 9.93. The molecule has 130 valence electrons. The number of carbonyl (C=O) groups is 2. The molecule has 0 radical (unpaired) electrons. The highest BCUT2D eigenvalue weighted by Gasteiger charge is 2.30. The van der Waals surface area contributed by atoms with Crippen molar-refractivity contribution in [1.82, 2.24) is 5.32 Å². The summed E-state index contributed by atoms with van der Waals surface area (Å²) in [5.41, 5.74) is 1.78. The van der Waals surface area contributed by atoms with Gasteiger partial charge in [-0.25, -0.2) is 4.79 Å². The van der Waals surface area contributed by atoms with Crippen molar-refractivity contribution in [3.63, 3.8) is 0 Å². The Morgan fingerprint density at radius 3 is 2.56 bits per heavy atom. The van der Waals surface area contributed by atoms with Crippen LogP contribution >= 0.6 is 0 Å². The van der Waals surface area contributed by atoms with Crippen molar-refractivity contribution >= 4 is 11.9 Å². The quantitative estimate of drug-likeness (QED) is 0.864. The summed E-state index contributed by atoms with van der Waals surface area (Å²) in [5, 5.41) is 1.82. The zero-order valence-electron chi connectivity index (χ0n) is 13.0. The summed E-state index contributed by atoms with van der Waals surface area (Å²) in [6.45, 7) is -1.41. The molecule has 0 aliphatic carbocycles.